The van der Waals surface area contributed by atoms with Gasteiger partial charge in [0.2, 0.25) is 5.91 Å². The first-order chi connectivity index (χ1) is 13.6. The Morgan fingerprint density at radius 2 is 1.86 bits per heavy atom. The van der Waals surface area contributed by atoms with Crippen LogP contribution in [0.2, 0.25) is 0 Å². The largest absolute Gasteiger partial charge is 0.459 e. The van der Waals surface area contributed by atoms with Crippen LogP contribution in [0.3, 0.4) is 0 Å². The molecule has 0 aliphatic carbocycles. The second-order valence-corrected chi connectivity index (χ2v) is 7.57. The summed E-state index contributed by atoms with van der Waals surface area (Å²) >= 11 is 0. The molecule has 0 radical (unpaired) electrons. The van der Waals surface area contributed by atoms with E-state index in [1.54, 1.807) is 0 Å². The van der Waals surface area contributed by atoms with Crippen molar-refractivity contribution in [2.24, 2.45) is 0 Å². The summed E-state index contributed by atoms with van der Waals surface area (Å²) in [5.74, 6) is 0.839. The highest BCUT2D eigenvalue weighted by Gasteiger charge is 2.19. The van der Waals surface area contributed by atoms with E-state index in [9.17, 15) is 4.79 Å². The number of rotatable bonds is 6. The summed E-state index contributed by atoms with van der Waals surface area (Å²) in [7, 11) is 1.94. The number of carbonyl (C=O) groups is 1. The molecule has 4 rings (SSSR count). The Morgan fingerprint density at radius 3 is 2.57 bits per heavy atom. The third kappa shape index (κ3) is 4.04. The predicted octanol–water partition coefficient (Wildman–Crippen LogP) is 4.66. The van der Waals surface area contributed by atoms with Crippen molar-refractivity contribution in [2.75, 3.05) is 36.9 Å². The van der Waals surface area contributed by atoms with Gasteiger partial charge in [0.1, 0.15) is 11.3 Å². The molecule has 0 unspecified atom stereocenters. The molecular formula is C23H27N3O2. The van der Waals surface area contributed by atoms with Crippen LogP contribution in [0.25, 0.3) is 11.0 Å². The zero-order valence-corrected chi connectivity index (χ0v) is 16.5. The number of anilines is 2. The van der Waals surface area contributed by atoms with Crippen LogP contribution >= 0.6 is 0 Å². The molecule has 1 atom stereocenters. The molecule has 0 bridgehead atoms. The van der Waals surface area contributed by atoms with Crippen molar-refractivity contribution in [3.63, 3.8) is 0 Å². The number of benzene rings is 2. The van der Waals surface area contributed by atoms with Gasteiger partial charge in [-0.1, -0.05) is 18.2 Å². The van der Waals surface area contributed by atoms with Gasteiger partial charge in [0.25, 0.3) is 0 Å². The molecule has 1 aromatic heterocycles. The molecule has 3 aromatic rings. The fourth-order valence-electron chi connectivity index (χ4n) is 3.72. The minimum Gasteiger partial charge on any atom is -0.459 e. The van der Waals surface area contributed by atoms with E-state index in [1.807, 2.05) is 54.4 Å². The Bertz CT molecular complexity index is 909. The molecule has 146 valence electrons. The summed E-state index contributed by atoms with van der Waals surface area (Å²) in [5.41, 5.74) is 2.93. The fourth-order valence-corrected chi connectivity index (χ4v) is 3.72. The summed E-state index contributed by atoms with van der Waals surface area (Å²) in [6, 6.07) is 18.1. The lowest BCUT2D eigenvalue weighted by Crippen LogP contribution is -2.32. The highest BCUT2D eigenvalue weighted by atomic mass is 16.3. The van der Waals surface area contributed by atoms with Gasteiger partial charge >= 0.3 is 0 Å². The van der Waals surface area contributed by atoms with Gasteiger partial charge in [-0.3, -0.25) is 9.69 Å². The molecular weight excluding hydrogens is 350 g/mol. The van der Waals surface area contributed by atoms with Gasteiger partial charge in [0, 0.05) is 29.9 Å². The van der Waals surface area contributed by atoms with Crippen LogP contribution in [0, 0.1) is 0 Å². The normalized spacial score (nSPS) is 15.3. The lowest BCUT2D eigenvalue weighted by Gasteiger charge is -2.22. The average Bonchev–Trinajstić information content (AvgIpc) is 3.37. The first-order valence-corrected chi connectivity index (χ1v) is 9.94. The maximum absolute atomic E-state index is 12.5. The minimum absolute atomic E-state index is 0.00990. The van der Waals surface area contributed by atoms with Crippen molar-refractivity contribution >= 4 is 28.3 Å². The molecule has 1 aliphatic heterocycles. The zero-order chi connectivity index (χ0) is 19.5. The highest BCUT2D eigenvalue weighted by molar-refractivity contribution is 5.92. The van der Waals surface area contributed by atoms with Crippen LogP contribution in [0.1, 0.15) is 31.6 Å². The number of carbonyl (C=O) groups excluding carboxylic acids is 1. The number of likely N-dealkylation sites (N-methyl/N-ethyl adjacent to an activating group) is 1. The van der Waals surface area contributed by atoms with Crippen LogP contribution in [-0.2, 0) is 4.79 Å². The first kappa shape index (κ1) is 18.6. The third-order valence-corrected chi connectivity index (χ3v) is 5.53. The molecule has 1 amide bonds. The van der Waals surface area contributed by atoms with E-state index in [1.165, 1.54) is 18.5 Å². The van der Waals surface area contributed by atoms with Crippen LogP contribution in [0.4, 0.5) is 11.4 Å². The maximum Gasteiger partial charge on any atom is 0.238 e. The minimum atomic E-state index is -0.0283. The molecule has 5 nitrogen and oxygen atoms in total. The summed E-state index contributed by atoms with van der Waals surface area (Å²) < 4.78 is 5.93. The van der Waals surface area contributed by atoms with Crippen molar-refractivity contribution in [1.82, 2.24) is 4.90 Å². The molecule has 1 N–H and O–H groups in total. The summed E-state index contributed by atoms with van der Waals surface area (Å²) in [6.45, 7) is 4.59. The van der Waals surface area contributed by atoms with Crippen molar-refractivity contribution in [3.8, 4) is 0 Å². The lowest BCUT2D eigenvalue weighted by molar-refractivity contribution is -0.117. The topological polar surface area (TPSA) is 48.7 Å². The van der Waals surface area contributed by atoms with Crippen LogP contribution in [0.5, 0.6) is 0 Å². The van der Waals surface area contributed by atoms with E-state index in [2.05, 4.69) is 29.3 Å². The van der Waals surface area contributed by atoms with Crippen molar-refractivity contribution in [3.05, 3.63) is 60.4 Å². The summed E-state index contributed by atoms with van der Waals surface area (Å²) in [4.78, 5) is 16.9. The number of furan rings is 1. The first-order valence-electron chi connectivity index (χ1n) is 9.94. The van der Waals surface area contributed by atoms with Crippen molar-refractivity contribution in [2.45, 2.75) is 25.8 Å². The van der Waals surface area contributed by atoms with Crippen LogP contribution in [-0.4, -0.2) is 37.5 Å². The number of nitrogens with one attached hydrogen (secondary N) is 1. The Balaban J connectivity index is 1.34. The molecule has 1 saturated heterocycles. The number of amides is 1. The molecule has 0 saturated carbocycles. The zero-order valence-electron chi connectivity index (χ0n) is 16.5. The second kappa shape index (κ2) is 8.07. The Morgan fingerprint density at radius 1 is 1.14 bits per heavy atom. The van der Waals surface area contributed by atoms with E-state index in [0.29, 0.717) is 6.54 Å². The standard InChI is InChI=1S/C23H27N3O2/c1-17(22-15-18-7-3-4-8-21(18)28-22)25(2)16-23(27)24-19-9-11-20(12-10-19)26-13-5-6-14-26/h3-4,7-12,15,17H,5-6,13-14,16H2,1-2H3,(H,24,27)/t17-/m0/s1. The molecule has 5 heteroatoms. The lowest BCUT2D eigenvalue weighted by atomic mass is 10.2. The highest BCUT2D eigenvalue weighted by Crippen LogP contribution is 2.27. The molecule has 2 heterocycles. The number of hydrogen-bond donors (Lipinski definition) is 1. The van der Waals surface area contributed by atoms with Gasteiger partial charge < -0.3 is 14.6 Å². The average molecular weight is 377 g/mol. The van der Waals surface area contributed by atoms with E-state index in [-0.39, 0.29) is 11.9 Å². The van der Waals surface area contributed by atoms with Crippen LogP contribution in [0.15, 0.2) is 59.0 Å². The van der Waals surface area contributed by atoms with E-state index in [4.69, 9.17) is 4.42 Å². The van der Waals surface area contributed by atoms with Crippen LogP contribution < -0.4 is 10.2 Å². The number of nitrogens with zero attached hydrogens (tertiary/aromatic N) is 2. The van der Waals surface area contributed by atoms with Gasteiger partial charge in [0.15, 0.2) is 0 Å². The van der Waals surface area contributed by atoms with Gasteiger partial charge in [-0.15, -0.1) is 0 Å². The SMILES string of the molecule is C[C@@H](c1cc2ccccc2o1)N(C)CC(=O)Nc1ccc(N2CCCC2)cc1. The third-order valence-electron chi connectivity index (χ3n) is 5.53. The number of fused-ring (bicyclic) bond motifs is 1. The Kier molecular flexibility index (Phi) is 5.35. The molecule has 1 fully saturated rings. The fraction of sp³-hybridized carbons (Fsp3) is 0.348. The van der Waals surface area contributed by atoms with E-state index < -0.39 is 0 Å². The van der Waals surface area contributed by atoms with Gasteiger partial charge in [0.05, 0.1) is 12.6 Å². The van der Waals surface area contributed by atoms with E-state index >= 15 is 0 Å². The maximum atomic E-state index is 12.5. The van der Waals surface area contributed by atoms with Gasteiger partial charge in [-0.25, -0.2) is 0 Å². The smallest absolute Gasteiger partial charge is 0.238 e. The van der Waals surface area contributed by atoms with Gasteiger partial charge in [-0.05, 0) is 63.2 Å². The van der Waals surface area contributed by atoms with Gasteiger partial charge in [-0.2, -0.15) is 0 Å². The number of hydrogen-bond acceptors (Lipinski definition) is 4. The van der Waals surface area contributed by atoms with Crippen molar-refractivity contribution < 1.29 is 9.21 Å². The Labute approximate surface area is 165 Å². The second-order valence-electron chi connectivity index (χ2n) is 7.57. The number of para-hydroxylation sites is 1. The monoisotopic (exact) mass is 377 g/mol. The Hall–Kier alpha value is -2.79. The summed E-state index contributed by atoms with van der Waals surface area (Å²) in [6.07, 6.45) is 2.52. The molecule has 2 aromatic carbocycles. The molecule has 28 heavy (non-hydrogen) atoms. The molecule has 1 aliphatic rings. The summed E-state index contributed by atoms with van der Waals surface area (Å²) in [5, 5.41) is 4.08. The van der Waals surface area contributed by atoms with Crippen molar-refractivity contribution in [1.29, 1.82) is 0 Å². The quantitative estimate of drug-likeness (QED) is 0.678. The predicted molar refractivity (Wildman–Crippen MR) is 114 cm³/mol. The van der Waals surface area contributed by atoms with E-state index in [0.717, 1.165) is 35.5 Å². The molecule has 0 spiro atoms.